The second-order valence-corrected chi connectivity index (χ2v) is 8.28. The standard InChI is InChI=1S/C24H25N5O2/c1-16-9-10-18-13-19(23-25-26-27-29(23)22(18)12-16)14-28(15-20-7-5-11-31-20)24(30)21-8-4-3-6-17(21)2/h3-4,6,8-10,12-13,20H,5,7,11,14-15H2,1-2H3/t20-/m0/s1. The van der Waals surface area contributed by atoms with E-state index < -0.39 is 0 Å². The Hall–Kier alpha value is -3.32. The molecule has 31 heavy (non-hydrogen) atoms. The maximum atomic E-state index is 13.6. The minimum atomic E-state index is 0.00299. The Balaban J connectivity index is 1.56. The molecule has 5 rings (SSSR count). The van der Waals surface area contributed by atoms with Crippen molar-refractivity contribution in [2.75, 3.05) is 13.2 Å². The Kier molecular flexibility index (Phi) is 5.11. The molecule has 0 aliphatic carbocycles. The number of carbonyl (C=O) groups is 1. The predicted octanol–water partition coefficient (Wildman–Crippen LogP) is 3.72. The molecule has 1 aliphatic rings. The average molecular weight is 415 g/mol. The summed E-state index contributed by atoms with van der Waals surface area (Å²) >= 11 is 0. The molecule has 3 heterocycles. The minimum absolute atomic E-state index is 0.00299. The topological polar surface area (TPSA) is 72.6 Å². The molecule has 0 radical (unpaired) electrons. The molecular weight excluding hydrogens is 390 g/mol. The first kappa shape index (κ1) is 19.6. The van der Waals surface area contributed by atoms with Gasteiger partial charge in [-0.25, -0.2) is 0 Å². The van der Waals surface area contributed by atoms with E-state index in [-0.39, 0.29) is 12.0 Å². The van der Waals surface area contributed by atoms with Gasteiger partial charge < -0.3 is 9.64 Å². The Labute approximate surface area is 180 Å². The molecule has 158 valence electrons. The lowest BCUT2D eigenvalue weighted by atomic mass is 10.1. The van der Waals surface area contributed by atoms with E-state index in [1.165, 1.54) is 0 Å². The lowest BCUT2D eigenvalue weighted by Gasteiger charge is -2.26. The number of amides is 1. The van der Waals surface area contributed by atoms with Gasteiger partial charge in [0.05, 0.1) is 11.6 Å². The van der Waals surface area contributed by atoms with Crippen LogP contribution in [0.4, 0.5) is 0 Å². The molecule has 7 nitrogen and oxygen atoms in total. The van der Waals surface area contributed by atoms with Crippen LogP contribution in [-0.2, 0) is 11.3 Å². The molecule has 1 aliphatic heterocycles. The molecule has 0 unspecified atom stereocenters. The van der Waals surface area contributed by atoms with Crippen LogP contribution in [0.15, 0.2) is 48.5 Å². The molecular formula is C24H25N5O2. The third kappa shape index (κ3) is 3.77. The maximum absolute atomic E-state index is 13.6. The molecule has 2 aromatic heterocycles. The SMILES string of the molecule is Cc1ccc2cc(CN(C[C@@H]3CCCO3)C(=O)c3ccccc3C)c3nnnn3c2c1. The van der Waals surface area contributed by atoms with Gasteiger partial charge >= 0.3 is 0 Å². The Morgan fingerprint density at radius 2 is 2.06 bits per heavy atom. The Bertz CT molecular complexity index is 1260. The smallest absolute Gasteiger partial charge is 0.254 e. The van der Waals surface area contributed by atoms with Crippen molar-refractivity contribution in [2.24, 2.45) is 0 Å². The van der Waals surface area contributed by atoms with Crippen molar-refractivity contribution < 1.29 is 9.53 Å². The van der Waals surface area contributed by atoms with Crippen LogP contribution in [0.5, 0.6) is 0 Å². The highest BCUT2D eigenvalue weighted by molar-refractivity contribution is 5.96. The van der Waals surface area contributed by atoms with Gasteiger partial charge in [0.2, 0.25) is 0 Å². The van der Waals surface area contributed by atoms with Crippen LogP contribution in [-0.4, -0.2) is 50.1 Å². The number of nitrogens with zero attached hydrogens (tertiary/aromatic N) is 5. The zero-order chi connectivity index (χ0) is 21.4. The molecule has 0 bridgehead atoms. The zero-order valence-corrected chi connectivity index (χ0v) is 17.8. The summed E-state index contributed by atoms with van der Waals surface area (Å²) in [5.74, 6) is 0.00299. The summed E-state index contributed by atoms with van der Waals surface area (Å²) in [6.45, 7) is 5.74. The number of rotatable bonds is 5. The fourth-order valence-electron chi connectivity index (χ4n) is 4.32. The van der Waals surface area contributed by atoms with Crippen LogP contribution in [0.1, 0.15) is 39.9 Å². The van der Waals surface area contributed by atoms with Gasteiger partial charge in [-0.2, -0.15) is 4.52 Å². The fraction of sp³-hybridized carbons (Fsp3) is 0.333. The van der Waals surface area contributed by atoms with E-state index in [0.29, 0.717) is 24.3 Å². The molecule has 1 fully saturated rings. The van der Waals surface area contributed by atoms with Crippen LogP contribution in [0.25, 0.3) is 16.6 Å². The predicted molar refractivity (Wildman–Crippen MR) is 118 cm³/mol. The summed E-state index contributed by atoms with van der Waals surface area (Å²) < 4.78 is 7.62. The van der Waals surface area contributed by atoms with Crippen molar-refractivity contribution in [3.05, 3.63) is 70.8 Å². The molecule has 1 atom stereocenters. The van der Waals surface area contributed by atoms with Crippen LogP contribution in [0, 0.1) is 13.8 Å². The maximum Gasteiger partial charge on any atom is 0.254 e. The van der Waals surface area contributed by atoms with E-state index in [1.807, 2.05) is 43.0 Å². The Morgan fingerprint density at radius 3 is 2.87 bits per heavy atom. The van der Waals surface area contributed by atoms with Gasteiger partial charge in [-0.1, -0.05) is 30.3 Å². The zero-order valence-electron chi connectivity index (χ0n) is 17.8. The molecule has 4 aromatic rings. The number of hydrogen-bond donors (Lipinski definition) is 0. The van der Waals surface area contributed by atoms with Gasteiger partial charge in [0.15, 0.2) is 5.65 Å². The third-order valence-corrected chi connectivity index (χ3v) is 5.97. The first-order valence-electron chi connectivity index (χ1n) is 10.7. The van der Waals surface area contributed by atoms with Crippen LogP contribution in [0.2, 0.25) is 0 Å². The van der Waals surface area contributed by atoms with Crippen LogP contribution < -0.4 is 0 Å². The summed E-state index contributed by atoms with van der Waals surface area (Å²) in [5.41, 5.74) is 5.38. The molecule has 7 heteroatoms. The number of tetrazole rings is 1. The number of carbonyl (C=O) groups excluding carboxylic acids is 1. The van der Waals surface area contributed by atoms with Crippen molar-refractivity contribution in [3.63, 3.8) is 0 Å². The molecule has 0 spiro atoms. The average Bonchev–Trinajstić information content (AvgIpc) is 3.46. The summed E-state index contributed by atoms with van der Waals surface area (Å²) in [5, 5.41) is 13.4. The summed E-state index contributed by atoms with van der Waals surface area (Å²) in [6.07, 6.45) is 2.06. The van der Waals surface area contributed by atoms with E-state index in [1.54, 1.807) is 4.52 Å². The first-order valence-corrected chi connectivity index (χ1v) is 10.7. The number of fused-ring (bicyclic) bond motifs is 3. The van der Waals surface area contributed by atoms with E-state index in [0.717, 1.165) is 47.0 Å². The van der Waals surface area contributed by atoms with Crippen molar-refractivity contribution in [2.45, 2.75) is 39.3 Å². The van der Waals surface area contributed by atoms with Crippen LogP contribution >= 0.6 is 0 Å². The van der Waals surface area contributed by atoms with E-state index in [9.17, 15) is 4.79 Å². The highest BCUT2D eigenvalue weighted by atomic mass is 16.5. The lowest BCUT2D eigenvalue weighted by Crippen LogP contribution is -2.37. The first-order chi connectivity index (χ1) is 15.1. The van der Waals surface area contributed by atoms with Gasteiger partial charge in [-0.05, 0) is 66.4 Å². The monoisotopic (exact) mass is 415 g/mol. The van der Waals surface area contributed by atoms with Crippen molar-refractivity contribution >= 4 is 22.5 Å². The normalized spacial score (nSPS) is 16.3. The van der Waals surface area contributed by atoms with E-state index in [2.05, 4.69) is 39.8 Å². The number of hydrogen-bond acceptors (Lipinski definition) is 5. The highest BCUT2D eigenvalue weighted by Crippen LogP contribution is 2.24. The lowest BCUT2D eigenvalue weighted by molar-refractivity contribution is 0.0507. The Morgan fingerprint density at radius 1 is 1.19 bits per heavy atom. The number of aromatic nitrogens is 4. The third-order valence-electron chi connectivity index (χ3n) is 5.97. The van der Waals surface area contributed by atoms with Gasteiger partial charge in [-0.3, -0.25) is 4.79 Å². The number of aryl methyl sites for hydroxylation is 2. The number of pyridine rings is 1. The largest absolute Gasteiger partial charge is 0.376 e. The van der Waals surface area contributed by atoms with Gasteiger partial charge in [0, 0.05) is 36.2 Å². The van der Waals surface area contributed by atoms with E-state index in [4.69, 9.17) is 4.74 Å². The van der Waals surface area contributed by atoms with Crippen molar-refractivity contribution in [1.82, 2.24) is 24.9 Å². The number of benzene rings is 2. The summed E-state index contributed by atoms with van der Waals surface area (Å²) in [7, 11) is 0. The molecule has 1 saturated heterocycles. The van der Waals surface area contributed by atoms with E-state index >= 15 is 0 Å². The van der Waals surface area contributed by atoms with Gasteiger partial charge in [0.1, 0.15) is 0 Å². The molecule has 2 aromatic carbocycles. The second kappa shape index (κ2) is 8.07. The fourth-order valence-corrected chi connectivity index (χ4v) is 4.32. The summed E-state index contributed by atoms with van der Waals surface area (Å²) in [6, 6.07) is 16.0. The van der Waals surface area contributed by atoms with Crippen molar-refractivity contribution in [1.29, 1.82) is 0 Å². The van der Waals surface area contributed by atoms with Gasteiger partial charge in [0.25, 0.3) is 5.91 Å². The molecule has 0 saturated carbocycles. The van der Waals surface area contributed by atoms with Crippen molar-refractivity contribution in [3.8, 4) is 0 Å². The quantitative estimate of drug-likeness (QED) is 0.497. The van der Waals surface area contributed by atoms with Gasteiger partial charge in [-0.15, -0.1) is 5.10 Å². The molecule has 1 amide bonds. The second-order valence-electron chi connectivity index (χ2n) is 8.28. The highest BCUT2D eigenvalue weighted by Gasteiger charge is 2.25. The van der Waals surface area contributed by atoms with Crippen LogP contribution in [0.3, 0.4) is 0 Å². The number of ether oxygens (including phenoxy) is 1. The minimum Gasteiger partial charge on any atom is -0.376 e. The summed E-state index contributed by atoms with van der Waals surface area (Å²) in [4.78, 5) is 15.4. The molecule has 0 N–H and O–H groups in total.